The molecule has 0 bridgehead atoms. The van der Waals surface area contributed by atoms with E-state index in [1.807, 2.05) is 0 Å². The zero-order valence-electron chi connectivity index (χ0n) is 9.03. The van der Waals surface area contributed by atoms with Crippen molar-refractivity contribution < 1.29 is 0 Å². The molecule has 2 rings (SSSR count). The van der Waals surface area contributed by atoms with Crippen LogP contribution in [0.3, 0.4) is 0 Å². The van der Waals surface area contributed by atoms with E-state index in [0.717, 1.165) is 12.1 Å². The number of aromatic nitrogens is 2. The molecule has 1 aliphatic heterocycles. The van der Waals surface area contributed by atoms with E-state index in [9.17, 15) is 0 Å². The molecule has 0 fully saturated rings. The van der Waals surface area contributed by atoms with E-state index in [2.05, 4.69) is 29.7 Å². The molecule has 2 atom stereocenters. The van der Waals surface area contributed by atoms with Gasteiger partial charge < -0.3 is 5.73 Å². The fraction of sp³-hybridized carbons (Fsp3) is 0.727. The highest BCUT2D eigenvalue weighted by molar-refractivity contribution is 5.11. The number of hydrogen-bond acceptors (Lipinski definition) is 2. The number of nitrogens with zero attached hydrogens (tertiary/aromatic N) is 2. The molecular weight excluding hydrogens is 174 g/mol. The van der Waals surface area contributed by atoms with Crippen LogP contribution in [0.2, 0.25) is 0 Å². The van der Waals surface area contributed by atoms with Crippen molar-refractivity contribution in [2.45, 2.75) is 51.6 Å². The van der Waals surface area contributed by atoms with Gasteiger partial charge in [-0.15, -0.1) is 0 Å². The minimum absolute atomic E-state index is 0.274. The van der Waals surface area contributed by atoms with Gasteiger partial charge in [0, 0.05) is 11.7 Å². The second-order valence-electron chi connectivity index (χ2n) is 4.48. The van der Waals surface area contributed by atoms with Crippen molar-refractivity contribution in [3.63, 3.8) is 0 Å². The molecule has 2 unspecified atom stereocenters. The molecule has 2 heterocycles. The number of hydrogen-bond donors (Lipinski definition) is 1. The summed E-state index contributed by atoms with van der Waals surface area (Å²) in [7, 11) is 0. The first-order valence-electron chi connectivity index (χ1n) is 5.47. The summed E-state index contributed by atoms with van der Waals surface area (Å²) in [5.74, 6) is 0. The van der Waals surface area contributed by atoms with E-state index in [-0.39, 0.29) is 6.04 Å². The second kappa shape index (κ2) is 3.73. The number of fused-ring (bicyclic) bond motifs is 1. The van der Waals surface area contributed by atoms with Gasteiger partial charge in [0.25, 0.3) is 0 Å². The second-order valence-corrected chi connectivity index (χ2v) is 4.48. The molecule has 3 heteroatoms. The molecule has 0 saturated heterocycles. The fourth-order valence-corrected chi connectivity index (χ4v) is 2.36. The smallest absolute Gasteiger partial charge is 0.0596 e. The summed E-state index contributed by atoms with van der Waals surface area (Å²) < 4.78 is 2.20. The number of nitrogens with two attached hydrogens (primary N) is 1. The third-order valence-electron chi connectivity index (χ3n) is 2.90. The van der Waals surface area contributed by atoms with Crippen molar-refractivity contribution in [2.75, 3.05) is 0 Å². The van der Waals surface area contributed by atoms with Gasteiger partial charge in [0.2, 0.25) is 0 Å². The Hall–Kier alpha value is -0.830. The Labute approximate surface area is 85.3 Å². The molecule has 1 aliphatic rings. The van der Waals surface area contributed by atoms with Crippen LogP contribution in [0.4, 0.5) is 0 Å². The normalized spacial score (nSPS) is 23.2. The van der Waals surface area contributed by atoms with Gasteiger partial charge in [-0.1, -0.05) is 0 Å². The predicted molar refractivity (Wildman–Crippen MR) is 57.2 cm³/mol. The lowest BCUT2D eigenvalue weighted by molar-refractivity contribution is 0.329. The standard InChI is InChI=1S/C11H19N3/c1-8(12)6-10-4-3-5-11-7-9(2)13-14(10)11/h7-8,10H,3-6,12H2,1-2H3. The first kappa shape index (κ1) is 9.71. The zero-order valence-corrected chi connectivity index (χ0v) is 9.03. The first-order valence-corrected chi connectivity index (χ1v) is 5.47. The van der Waals surface area contributed by atoms with E-state index in [4.69, 9.17) is 5.73 Å². The molecule has 0 amide bonds. The molecule has 78 valence electrons. The van der Waals surface area contributed by atoms with E-state index in [0.29, 0.717) is 6.04 Å². The Morgan fingerprint density at radius 1 is 1.71 bits per heavy atom. The summed E-state index contributed by atoms with van der Waals surface area (Å²) in [5, 5.41) is 4.55. The van der Waals surface area contributed by atoms with Crippen molar-refractivity contribution in [1.29, 1.82) is 0 Å². The largest absolute Gasteiger partial charge is 0.328 e. The van der Waals surface area contributed by atoms with E-state index < -0.39 is 0 Å². The highest BCUT2D eigenvalue weighted by atomic mass is 15.3. The third-order valence-corrected chi connectivity index (χ3v) is 2.90. The summed E-state index contributed by atoms with van der Waals surface area (Å²) >= 11 is 0. The molecule has 3 nitrogen and oxygen atoms in total. The maximum absolute atomic E-state index is 5.85. The molecule has 1 aromatic heterocycles. The van der Waals surface area contributed by atoms with Crippen LogP contribution in [0.25, 0.3) is 0 Å². The van der Waals surface area contributed by atoms with Crippen LogP contribution in [0.1, 0.15) is 43.6 Å². The predicted octanol–water partition coefficient (Wildman–Crippen LogP) is 1.81. The molecule has 0 spiro atoms. The highest BCUT2D eigenvalue weighted by Crippen LogP contribution is 2.27. The Bertz CT molecular complexity index is 314. The minimum Gasteiger partial charge on any atom is -0.328 e. The van der Waals surface area contributed by atoms with E-state index >= 15 is 0 Å². The van der Waals surface area contributed by atoms with Crippen LogP contribution < -0.4 is 5.73 Å². The summed E-state index contributed by atoms with van der Waals surface area (Å²) in [6.07, 6.45) is 4.74. The lowest BCUT2D eigenvalue weighted by atomic mass is 9.98. The van der Waals surface area contributed by atoms with E-state index in [1.54, 1.807) is 0 Å². The highest BCUT2D eigenvalue weighted by Gasteiger charge is 2.21. The van der Waals surface area contributed by atoms with Crippen LogP contribution in [-0.4, -0.2) is 15.8 Å². The maximum Gasteiger partial charge on any atom is 0.0596 e. The molecule has 1 aromatic rings. The van der Waals surface area contributed by atoms with Crippen LogP contribution in [0.5, 0.6) is 0 Å². The molecule has 2 N–H and O–H groups in total. The van der Waals surface area contributed by atoms with Gasteiger partial charge in [-0.05, 0) is 45.6 Å². The average Bonchev–Trinajstić information content (AvgIpc) is 2.45. The van der Waals surface area contributed by atoms with Crippen LogP contribution in [-0.2, 0) is 6.42 Å². The monoisotopic (exact) mass is 193 g/mol. The van der Waals surface area contributed by atoms with E-state index in [1.165, 1.54) is 25.0 Å². The number of aryl methyl sites for hydroxylation is 2. The van der Waals surface area contributed by atoms with Crippen molar-refractivity contribution in [1.82, 2.24) is 9.78 Å². The fourth-order valence-electron chi connectivity index (χ4n) is 2.36. The molecule has 0 aromatic carbocycles. The number of rotatable bonds is 2. The Morgan fingerprint density at radius 3 is 3.21 bits per heavy atom. The molecule has 0 saturated carbocycles. The molecule has 0 radical (unpaired) electrons. The molecule has 14 heavy (non-hydrogen) atoms. The van der Waals surface area contributed by atoms with Crippen molar-refractivity contribution in [3.05, 3.63) is 17.5 Å². The summed E-state index contributed by atoms with van der Waals surface area (Å²) in [4.78, 5) is 0. The Kier molecular flexibility index (Phi) is 2.59. The van der Waals surface area contributed by atoms with Gasteiger partial charge in [0.1, 0.15) is 0 Å². The summed E-state index contributed by atoms with van der Waals surface area (Å²) in [6, 6.07) is 3.01. The topological polar surface area (TPSA) is 43.8 Å². The van der Waals surface area contributed by atoms with Crippen LogP contribution in [0, 0.1) is 6.92 Å². The lowest BCUT2D eigenvalue weighted by Gasteiger charge is -2.25. The van der Waals surface area contributed by atoms with Crippen molar-refractivity contribution in [3.8, 4) is 0 Å². The maximum atomic E-state index is 5.85. The van der Waals surface area contributed by atoms with Crippen molar-refractivity contribution in [2.24, 2.45) is 5.73 Å². The Balaban J connectivity index is 2.21. The zero-order chi connectivity index (χ0) is 10.1. The third kappa shape index (κ3) is 1.82. The van der Waals surface area contributed by atoms with Gasteiger partial charge in [0.05, 0.1) is 11.7 Å². The van der Waals surface area contributed by atoms with Gasteiger partial charge in [-0.3, -0.25) is 4.68 Å². The van der Waals surface area contributed by atoms with Gasteiger partial charge in [-0.2, -0.15) is 5.10 Å². The van der Waals surface area contributed by atoms with Gasteiger partial charge >= 0.3 is 0 Å². The first-order chi connectivity index (χ1) is 6.66. The van der Waals surface area contributed by atoms with Gasteiger partial charge in [0.15, 0.2) is 0 Å². The minimum atomic E-state index is 0.274. The Morgan fingerprint density at radius 2 is 2.50 bits per heavy atom. The average molecular weight is 193 g/mol. The summed E-state index contributed by atoms with van der Waals surface area (Å²) in [5.41, 5.74) is 8.37. The lowest BCUT2D eigenvalue weighted by Crippen LogP contribution is -2.26. The summed E-state index contributed by atoms with van der Waals surface area (Å²) in [6.45, 7) is 4.14. The van der Waals surface area contributed by atoms with Crippen LogP contribution >= 0.6 is 0 Å². The van der Waals surface area contributed by atoms with Crippen molar-refractivity contribution >= 4 is 0 Å². The SMILES string of the molecule is Cc1cc2n(n1)C(CC(C)N)CCC2. The van der Waals surface area contributed by atoms with Crippen LogP contribution in [0.15, 0.2) is 6.07 Å². The molecule has 0 aliphatic carbocycles. The van der Waals surface area contributed by atoms with Gasteiger partial charge in [-0.25, -0.2) is 0 Å². The molecular formula is C11H19N3. The quantitative estimate of drug-likeness (QED) is 0.778.